The molecule has 1 aliphatic rings. The van der Waals surface area contributed by atoms with E-state index in [1.807, 2.05) is 24.3 Å². The first-order valence-corrected chi connectivity index (χ1v) is 10.2. The molecule has 30 heavy (non-hydrogen) atoms. The van der Waals surface area contributed by atoms with E-state index in [4.69, 9.17) is 0 Å². The van der Waals surface area contributed by atoms with Gasteiger partial charge in [-0.1, -0.05) is 49.4 Å². The van der Waals surface area contributed by atoms with Crippen LogP contribution in [0.15, 0.2) is 59.6 Å². The quantitative estimate of drug-likeness (QED) is 0.381. The first-order chi connectivity index (χ1) is 14.4. The standard InChI is InChI=1S/C22H18FN3O3S/c1-12(2)13-3-5-14(6-4-13)18-17(19(27)15-7-9-16(23)10-8-15)20(28)21(29)26(18)22-25-24-11-30-22/h3-12,18,27H,1-2H3. The molecule has 2 heterocycles. The van der Waals surface area contributed by atoms with Crippen molar-refractivity contribution < 1.29 is 19.1 Å². The van der Waals surface area contributed by atoms with E-state index < -0.39 is 23.5 Å². The Bertz CT molecular complexity index is 1120. The maximum absolute atomic E-state index is 13.3. The molecule has 0 bridgehead atoms. The molecular formula is C22H18FN3O3S. The van der Waals surface area contributed by atoms with Crippen molar-refractivity contribution in [2.45, 2.75) is 25.8 Å². The van der Waals surface area contributed by atoms with Crippen LogP contribution < -0.4 is 4.90 Å². The smallest absolute Gasteiger partial charge is 0.301 e. The summed E-state index contributed by atoms with van der Waals surface area (Å²) in [5, 5.41) is 18.9. The average molecular weight is 423 g/mol. The molecule has 2 aromatic carbocycles. The molecule has 6 nitrogen and oxygen atoms in total. The molecule has 0 saturated carbocycles. The van der Waals surface area contributed by atoms with Crippen LogP contribution in [0.1, 0.15) is 42.5 Å². The Kier molecular flexibility index (Phi) is 5.17. The second-order valence-electron chi connectivity index (χ2n) is 7.22. The van der Waals surface area contributed by atoms with Crippen molar-refractivity contribution in [2.24, 2.45) is 0 Å². The second kappa shape index (κ2) is 7.79. The topological polar surface area (TPSA) is 83.4 Å². The molecule has 3 aromatic rings. The van der Waals surface area contributed by atoms with E-state index in [0.717, 1.165) is 16.9 Å². The van der Waals surface area contributed by atoms with Crippen molar-refractivity contribution in [3.8, 4) is 0 Å². The molecule has 1 atom stereocenters. The van der Waals surface area contributed by atoms with Gasteiger partial charge in [0.05, 0.1) is 11.6 Å². The number of hydrogen-bond acceptors (Lipinski definition) is 6. The highest BCUT2D eigenvalue weighted by molar-refractivity contribution is 7.13. The van der Waals surface area contributed by atoms with E-state index in [-0.39, 0.29) is 22.0 Å². The third-order valence-corrected chi connectivity index (χ3v) is 5.72. The van der Waals surface area contributed by atoms with Gasteiger partial charge in [0.1, 0.15) is 17.1 Å². The Morgan fingerprint density at radius 3 is 2.33 bits per heavy atom. The highest BCUT2D eigenvalue weighted by Gasteiger charge is 2.48. The summed E-state index contributed by atoms with van der Waals surface area (Å²) >= 11 is 1.12. The maximum atomic E-state index is 13.3. The van der Waals surface area contributed by atoms with Crippen LogP contribution in [0.2, 0.25) is 0 Å². The number of carbonyl (C=O) groups excluding carboxylic acids is 2. The van der Waals surface area contributed by atoms with Crippen LogP contribution in [-0.2, 0) is 9.59 Å². The number of Topliss-reactive ketones (excluding diaryl/α,β-unsaturated/α-hetero) is 1. The molecule has 0 aliphatic carbocycles. The monoisotopic (exact) mass is 423 g/mol. The number of ketones is 1. The number of aliphatic hydroxyl groups excluding tert-OH is 1. The minimum absolute atomic E-state index is 0.0703. The Hall–Kier alpha value is -3.39. The van der Waals surface area contributed by atoms with Gasteiger partial charge in [0.25, 0.3) is 5.78 Å². The van der Waals surface area contributed by atoms with Crippen LogP contribution in [0.3, 0.4) is 0 Å². The molecule has 0 spiro atoms. The summed E-state index contributed by atoms with van der Waals surface area (Å²) in [5.74, 6) is -2.15. The number of hydrogen-bond donors (Lipinski definition) is 1. The summed E-state index contributed by atoms with van der Waals surface area (Å²) in [6.07, 6.45) is 0. The number of rotatable bonds is 4. The lowest BCUT2D eigenvalue weighted by atomic mass is 9.93. The lowest BCUT2D eigenvalue weighted by molar-refractivity contribution is -0.132. The fourth-order valence-electron chi connectivity index (χ4n) is 3.44. The molecular weight excluding hydrogens is 405 g/mol. The van der Waals surface area contributed by atoms with Gasteiger partial charge in [-0.3, -0.25) is 14.5 Å². The van der Waals surface area contributed by atoms with Gasteiger partial charge in [-0.25, -0.2) is 4.39 Å². The summed E-state index contributed by atoms with van der Waals surface area (Å²) in [7, 11) is 0. The molecule has 1 N–H and O–H groups in total. The van der Waals surface area contributed by atoms with Gasteiger partial charge < -0.3 is 5.11 Å². The Balaban J connectivity index is 1.90. The summed E-state index contributed by atoms with van der Waals surface area (Å²) in [4.78, 5) is 27.0. The molecule has 0 radical (unpaired) electrons. The van der Waals surface area contributed by atoms with Crippen LogP contribution >= 0.6 is 11.3 Å². The second-order valence-corrected chi connectivity index (χ2v) is 8.03. The van der Waals surface area contributed by atoms with E-state index in [0.29, 0.717) is 11.5 Å². The molecule has 4 rings (SSSR count). The summed E-state index contributed by atoms with van der Waals surface area (Å²) in [6.45, 7) is 4.13. The minimum Gasteiger partial charge on any atom is -0.507 e. The fourth-order valence-corrected chi connectivity index (χ4v) is 4.03. The SMILES string of the molecule is CC(C)c1ccc(C2C(=C(O)c3ccc(F)cc3)C(=O)C(=O)N2c2nncs2)cc1. The van der Waals surface area contributed by atoms with Crippen LogP contribution in [0.25, 0.3) is 5.76 Å². The molecule has 1 fully saturated rings. The predicted molar refractivity (Wildman–Crippen MR) is 112 cm³/mol. The molecule has 1 aromatic heterocycles. The highest BCUT2D eigenvalue weighted by atomic mass is 32.1. The van der Waals surface area contributed by atoms with Crippen LogP contribution in [-0.4, -0.2) is 27.0 Å². The van der Waals surface area contributed by atoms with Crippen molar-refractivity contribution in [1.82, 2.24) is 10.2 Å². The maximum Gasteiger partial charge on any atom is 0.301 e. The number of anilines is 1. The van der Waals surface area contributed by atoms with Crippen LogP contribution in [0.5, 0.6) is 0 Å². The molecule has 1 unspecified atom stereocenters. The van der Waals surface area contributed by atoms with Gasteiger partial charge in [-0.05, 0) is 41.3 Å². The molecule has 1 aliphatic heterocycles. The Morgan fingerprint density at radius 2 is 1.77 bits per heavy atom. The number of halogens is 1. The number of aromatic nitrogens is 2. The zero-order valence-corrected chi connectivity index (χ0v) is 17.1. The minimum atomic E-state index is -0.871. The molecule has 152 valence electrons. The highest BCUT2D eigenvalue weighted by Crippen LogP contribution is 2.42. The number of amides is 1. The van der Waals surface area contributed by atoms with E-state index in [2.05, 4.69) is 24.0 Å². The van der Waals surface area contributed by atoms with E-state index in [1.165, 1.54) is 34.7 Å². The first kappa shape index (κ1) is 19.9. The number of carbonyl (C=O) groups is 2. The average Bonchev–Trinajstić information content (AvgIpc) is 3.35. The van der Waals surface area contributed by atoms with Crippen molar-refractivity contribution in [3.05, 3.63) is 82.1 Å². The Labute approximate surface area is 176 Å². The fraction of sp³-hybridized carbons (Fsp3) is 0.182. The van der Waals surface area contributed by atoms with Crippen molar-refractivity contribution >= 4 is 33.9 Å². The van der Waals surface area contributed by atoms with Crippen LogP contribution in [0, 0.1) is 5.82 Å². The van der Waals surface area contributed by atoms with Crippen molar-refractivity contribution in [2.75, 3.05) is 4.90 Å². The summed E-state index contributed by atoms with van der Waals surface area (Å²) in [5.41, 5.74) is 3.39. The number of benzene rings is 2. The van der Waals surface area contributed by atoms with Gasteiger partial charge in [-0.2, -0.15) is 0 Å². The van der Waals surface area contributed by atoms with E-state index in [9.17, 15) is 19.1 Å². The third-order valence-electron chi connectivity index (χ3n) is 5.04. The van der Waals surface area contributed by atoms with Gasteiger partial charge in [0.15, 0.2) is 0 Å². The van der Waals surface area contributed by atoms with Crippen molar-refractivity contribution in [3.63, 3.8) is 0 Å². The number of aliphatic hydroxyl groups is 1. The normalized spacial score (nSPS) is 18.4. The first-order valence-electron chi connectivity index (χ1n) is 9.31. The third kappa shape index (κ3) is 3.39. The van der Waals surface area contributed by atoms with Gasteiger partial charge in [-0.15, -0.1) is 10.2 Å². The number of nitrogens with zero attached hydrogens (tertiary/aromatic N) is 3. The Morgan fingerprint density at radius 1 is 1.10 bits per heavy atom. The molecule has 1 saturated heterocycles. The lowest BCUT2D eigenvalue weighted by Crippen LogP contribution is -2.29. The lowest BCUT2D eigenvalue weighted by Gasteiger charge is -2.23. The summed E-state index contributed by atoms with van der Waals surface area (Å²) in [6, 6.07) is 11.7. The predicted octanol–water partition coefficient (Wildman–Crippen LogP) is 4.43. The van der Waals surface area contributed by atoms with Gasteiger partial charge in [0.2, 0.25) is 5.13 Å². The van der Waals surface area contributed by atoms with E-state index in [1.54, 1.807) is 0 Å². The van der Waals surface area contributed by atoms with E-state index >= 15 is 0 Å². The zero-order valence-electron chi connectivity index (χ0n) is 16.2. The summed E-state index contributed by atoms with van der Waals surface area (Å²) < 4.78 is 13.3. The molecule has 8 heteroatoms. The van der Waals surface area contributed by atoms with Gasteiger partial charge in [0, 0.05) is 5.56 Å². The zero-order chi connectivity index (χ0) is 21.4. The molecule has 1 amide bonds. The largest absolute Gasteiger partial charge is 0.507 e. The van der Waals surface area contributed by atoms with Gasteiger partial charge >= 0.3 is 5.91 Å². The van der Waals surface area contributed by atoms with Crippen LogP contribution in [0.4, 0.5) is 9.52 Å². The van der Waals surface area contributed by atoms with Crippen molar-refractivity contribution in [1.29, 1.82) is 0 Å².